The molecule has 112 valence electrons. The Morgan fingerprint density at radius 2 is 1.95 bits per heavy atom. The fraction of sp³-hybridized carbons (Fsp3) is 0.933. The van der Waals surface area contributed by atoms with E-state index in [9.17, 15) is 4.79 Å². The normalized spacial score (nSPS) is 25.0. The molecular formula is C15H31N3O. The summed E-state index contributed by atoms with van der Waals surface area (Å²) >= 11 is 0. The Morgan fingerprint density at radius 3 is 2.37 bits per heavy atom. The van der Waals surface area contributed by atoms with Gasteiger partial charge >= 0.3 is 0 Å². The van der Waals surface area contributed by atoms with Gasteiger partial charge in [0.25, 0.3) is 0 Å². The van der Waals surface area contributed by atoms with E-state index in [1.54, 1.807) is 0 Å². The molecule has 1 saturated heterocycles. The van der Waals surface area contributed by atoms with Crippen molar-refractivity contribution in [3.05, 3.63) is 0 Å². The van der Waals surface area contributed by atoms with E-state index in [0.717, 1.165) is 32.5 Å². The maximum absolute atomic E-state index is 12.2. The van der Waals surface area contributed by atoms with Crippen LogP contribution in [0.5, 0.6) is 0 Å². The first-order valence-corrected chi connectivity index (χ1v) is 7.66. The highest BCUT2D eigenvalue weighted by Crippen LogP contribution is 2.18. The molecule has 0 aromatic rings. The van der Waals surface area contributed by atoms with Crippen molar-refractivity contribution in [2.75, 3.05) is 33.7 Å². The molecule has 0 saturated carbocycles. The first-order chi connectivity index (χ1) is 9.01. The predicted octanol–water partition coefficient (Wildman–Crippen LogP) is 1.32. The minimum absolute atomic E-state index is 0.143. The van der Waals surface area contributed by atoms with Crippen LogP contribution in [0, 0.1) is 17.8 Å². The lowest BCUT2D eigenvalue weighted by Gasteiger charge is -2.32. The van der Waals surface area contributed by atoms with Gasteiger partial charge in [-0.1, -0.05) is 33.6 Å². The third-order valence-corrected chi connectivity index (χ3v) is 4.60. The second kappa shape index (κ2) is 7.85. The second-order valence-electron chi connectivity index (χ2n) is 6.09. The number of nitrogens with zero attached hydrogens (tertiary/aromatic N) is 1. The summed E-state index contributed by atoms with van der Waals surface area (Å²) in [6, 6.07) is 0.434. The molecule has 2 N–H and O–H groups in total. The minimum Gasteiger partial charge on any atom is -0.354 e. The van der Waals surface area contributed by atoms with Crippen LogP contribution in [0.4, 0.5) is 0 Å². The fourth-order valence-corrected chi connectivity index (χ4v) is 3.10. The minimum atomic E-state index is 0.143. The summed E-state index contributed by atoms with van der Waals surface area (Å²) in [4.78, 5) is 14.5. The smallest absolute Gasteiger partial charge is 0.224 e. The Balaban J connectivity index is 2.49. The topological polar surface area (TPSA) is 44.4 Å². The zero-order valence-corrected chi connectivity index (χ0v) is 13.2. The molecule has 1 fully saturated rings. The zero-order valence-electron chi connectivity index (χ0n) is 13.2. The molecule has 4 nitrogen and oxygen atoms in total. The van der Waals surface area contributed by atoms with E-state index in [2.05, 4.69) is 50.4 Å². The highest BCUT2D eigenvalue weighted by Gasteiger charge is 2.30. The van der Waals surface area contributed by atoms with E-state index < -0.39 is 0 Å². The maximum Gasteiger partial charge on any atom is 0.224 e. The van der Waals surface area contributed by atoms with Crippen LogP contribution < -0.4 is 10.6 Å². The van der Waals surface area contributed by atoms with Crippen molar-refractivity contribution in [1.29, 1.82) is 0 Å². The lowest BCUT2D eigenvalue weighted by Crippen LogP contribution is -2.46. The van der Waals surface area contributed by atoms with Crippen LogP contribution in [0.25, 0.3) is 0 Å². The molecule has 0 bridgehead atoms. The Hall–Kier alpha value is -0.610. The van der Waals surface area contributed by atoms with E-state index in [1.807, 2.05) is 0 Å². The summed E-state index contributed by atoms with van der Waals surface area (Å²) in [6.45, 7) is 9.16. The number of hydrogen-bond acceptors (Lipinski definition) is 3. The molecule has 1 rings (SSSR count). The number of hydrogen-bond donors (Lipinski definition) is 2. The standard InChI is InChI=1S/C15H31N3O/c1-6-12(7-2)14(18(4)5)10-17-15(19)13-9-16-8-11(13)3/h11-14,16H,6-10H2,1-5H3,(H,17,19). The highest BCUT2D eigenvalue weighted by molar-refractivity contribution is 5.79. The maximum atomic E-state index is 12.2. The number of amides is 1. The molecule has 0 spiro atoms. The average Bonchev–Trinajstić information content (AvgIpc) is 2.80. The number of nitrogens with one attached hydrogen (secondary N) is 2. The van der Waals surface area contributed by atoms with Gasteiger partial charge in [-0.25, -0.2) is 0 Å². The molecule has 3 atom stereocenters. The number of carbonyl (C=O) groups is 1. The largest absolute Gasteiger partial charge is 0.354 e. The second-order valence-corrected chi connectivity index (χ2v) is 6.09. The van der Waals surface area contributed by atoms with Gasteiger partial charge < -0.3 is 15.5 Å². The Morgan fingerprint density at radius 1 is 1.32 bits per heavy atom. The monoisotopic (exact) mass is 269 g/mol. The molecule has 19 heavy (non-hydrogen) atoms. The summed E-state index contributed by atoms with van der Waals surface area (Å²) in [5, 5.41) is 6.45. The third kappa shape index (κ3) is 4.46. The van der Waals surface area contributed by atoms with Gasteiger partial charge in [-0.15, -0.1) is 0 Å². The zero-order chi connectivity index (χ0) is 14.4. The van der Waals surface area contributed by atoms with Crippen LogP contribution in [0.2, 0.25) is 0 Å². The van der Waals surface area contributed by atoms with Crippen molar-refractivity contribution in [1.82, 2.24) is 15.5 Å². The molecule has 1 aliphatic rings. The van der Waals surface area contributed by atoms with Crippen LogP contribution in [0.3, 0.4) is 0 Å². The molecule has 0 aliphatic carbocycles. The fourth-order valence-electron chi connectivity index (χ4n) is 3.10. The average molecular weight is 269 g/mol. The van der Waals surface area contributed by atoms with Gasteiger partial charge in [0.1, 0.15) is 0 Å². The van der Waals surface area contributed by atoms with Crippen molar-refractivity contribution in [2.45, 2.75) is 39.7 Å². The Kier molecular flexibility index (Phi) is 6.80. The lowest BCUT2D eigenvalue weighted by molar-refractivity contribution is -0.125. The van der Waals surface area contributed by atoms with E-state index in [-0.39, 0.29) is 11.8 Å². The van der Waals surface area contributed by atoms with Crippen molar-refractivity contribution in [3.63, 3.8) is 0 Å². The summed E-state index contributed by atoms with van der Waals surface area (Å²) in [7, 11) is 4.21. The lowest BCUT2D eigenvalue weighted by atomic mass is 9.92. The molecule has 1 heterocycles. The Labute approximate surface area is 118 Å². The van der Waals surface area contributed by atoms with Crippen molar-refractivity contribution in [3.8, 4) is 0 Å². The molecular weight excluding hydrogens is 238 g/mol. The summed E-state index contributed by atoms with van der Waals surface area (Å²) in [6.07, 6.45) is 2.33. The highest BCUT2D eigenvalue weighted by atomic mass is 16.1. The predicted molar refractivity (Wildman–Crippen MR) is 80.1 cm³/mol. The quantitative estimate of drug-likeness (QED) is 0.733. The molecule has 1 amide bonds. The molecule has 4 heteroatoms. The van der Waals surface area contributed by atoms with Crippen LogP contribution in [-0.2, 0) is 4.79 Å². The van der Waals surface area contributed by atoms with E-state index in [0.29, 0.717) is 17.9 Å². The Bertz CT molecular complexity index is 277. The first kappa shape index (κ1) is 16.4. The van der Waals surface area contributed by atoms with E-state index >= 15 is 0 Å². The SMILES string of the molecule is CCC(CC)C(CNC(=O)C1CNCC1C)N(C)C. The number of likely N-dealkylation sites (N-methyl/N-ethyl adjacent to an activating group) is 1. The molecule has 0 radical (unpaired) electrons. The summed E-state index contributed by atoms with van der Waals surface area (Å²) in [5.41, 5.74) is 0. The van der Waals surface area contributed by atoms with E-state index in [4.69, 9.17) is 0 Å². The van der Waals surface area contributed by atoms with Gasteiger partial charge in [0.15, 0.2) is 0 Å². The number of rotatable bonds is 7. The van der Waals surface area contributed by atoms with Gasteiger partial charge in [-0.3, -0.25) is 4.79 Å². The number of carbonyl (C=O) groups excluding carboxylic acids is 1. The van der Waals surface area contributed by atoms with Crippen molar-refractivity contribution < 1.29 is 4.79 Å². The van der Waals surface area contributed by atoms with Gasteiger partial charge in [0.2, 0.25) is 5.91 Å². The van der Waals surface area contributed by atoms with Crippen molar-refractivity contribution >= 4 is 5.91 Å². The van der Waals surface area contributed by atoms with Crippen LogP contribution in [0.15, 0.2) is 0 Å². The van der Waals surface area contributed by atoms with Gasteiger partial charge in [-0.2, -0.15) is 0 Å². The first-order valence-electron chi connectivity index (χ1n) is 7.66. The molecule has 0 aromatic heterocycles. The molecule has 3 unspecified atom stereocenters. The molecule has 1 aliphatic heterocycles. The van der Waals surface area contributed by atoms with Gasteiger partial charge in [0, 0.05) is 19.1 Å². The third-order valence-electron chi connectivity index (χ3n) is 4.60. The summed E-state index contributed by atoms with van der Waals surface area (Å²) < 4.78 is 0. The van der Waals surface area contributed by atoms with Crippen LogP contribution in [0.1, 0.15) is 33.6 Å². The van der Waals surface area contributed by atoms with E-state index in [1.165, 1.54) is 0 Å². The van der Waals surface area contributed by atoms with Crippen LogP contribution in [-0.4, -0.2) is 50.6 Å². The van der Waals surface area contributed by atoms with Gasteiger partial charge in [-0.05, 0) is 32.5 Å². The van der Waals surface area contributed by atoms with Crippen molar-refractivity contribution in [2.24, 2.45) is 17.8 Å². The molecule has 0 aromatic carbocycles. The van der Waals surface area contributed by atoms with Crippen LogP contribution >= 0.6 is 0 Å². The summed E-state index contributed by atoms with van der Waals surface area (Å²) in [5.74, 6) is 1.46. The van der Waals surface area contributed by atoms with Gasteiger partial charge in [0.05, 0.1) is 5.92 Å².